The zero-order chi connectivity index (χ0) is 9.80. The maximum atomic E-state index is 5.54. The molecule has 0 radical (unpaired) electrons. The van der Waals surface area contributed by atoms with E-state index in [2.05, 4.69) is 11.5 Å². The summed E-state index contributed by atoms with van der Waals surface area (Å²) in [5.41, 5.74) is 4.17. The maximum Gasteiger partial charge on any atom is 0.126 e. The highest BCUT2D eigenvalue weighted by atomic mass is 16.3. The summed E-state index contributed by atoms with van der Waals surface area (Å²) in [6, 6.07) is 3.91. The van der Waals surface area contributed by atoms with Gasteiger partial charge in [-0.3, -0.25) is 5.84 Å². The standard InChI is InChI=1S/C11H16N2O/c12-13-11(10-7-4-8-14-10)9-5-2-1-3-6-9/h4-5,7-8,11,13H,1-3,6,12H2. The summed E-state index contributed by atoms with van der Waals surface area (Å²) in [6.07, 6.45) is 8.78. The monoisotopic (exact) mass is 192 g/mol. The predicted molar refractivity (Wildman–Crippen MR) is 55.3 cm³/mol. The number of rotatable bonds is 3. The Morgan fingerprint density at radius 1 is 1.43 bits per heavy atom. The summed E-state index contributed by atoms with van der Waals surface area (Å²) in [5, 5.41) is 0. The SMILES string of the molecule is NNC(C1=CCCCC1)c1ccco1. The van der Waals surface area contributed by atoms with Gasteiger partial charge in [-0.25, -0.2) is 5.43 Å². The molecule has 3 heteroatoms. The van der Waals surface area contributed by atoms with Gasteiger partial charge in [0.1, 0.15) is 5.76 Å². The third kappa shape index (κ3) is 1.89. The highest BCUT2D eigenvalue weighted by Gasteiger charge is 2.18. The molecule has 76 valence electrons. The van der Waals surface area contributed by atoms with Gasteiger partial charge >= 0.3 is 0 Å². The van der Waals surface area contributed by atoms with Crippen molar-refractivity contribution in [2.75, 3.05) is 0 Å². The van der Waals surface area contributed by atoms with Gasteiger partial charge in [0.15, 0.2) is 0 Å². The predicted octanol–water partition coefficient (Wildman–Crippen LogP) is 2.28. The molecule has 1 aliphatic carbocycles. The third-order valence-corrected chi connectivity index (χ3v) is 2.69. The van der Waals surface area contributed by atoms with Crippen molar-refractivity contribution < 1.29 is 4.42 Å². The van der Waals surface area contributed by atoms with Gasteiger partial charge in [0.25, 0.3) is 0 Å². The summed E-state index contributed by atoms with van der Waals surface area (Å²) < 4.78 is 5.36. The van der Waals surface area contributed by atoms with E-state index < -0.39 is 0 Å². The van der Waals surface area contributed by atoms with E-state index in [0.717, 1.165) is 18.6 Å². The summed E-state index contributed by atoms with van der Waals surface area (Å²) in [7, 11) is 0. The fraction of sp³-hybridized carbons (Fsp3) is 0.455. The Bertz CT molecular complexity index is 303. The lowest BCUT2D eigenvalue weighted by atomic mass is 9.93. The largest absolute Gasteiger partial charge is 0.467 e. The summed E-state index contributed by atoms with van der Waals surface area (Å²) in [6.45, 7) is 0. The fourth-order valence-electron chi connectivity index (χ4n) is 1.95. The summed E-state index contributed by atoms with van der Waals surface area (Å²) in [5.74, 6) is 6.45. The second-order valence-corrected chi connectivity index (χ2v) is 3.64. The van der Waals surface area contributed by atoms with Gasteiger partial charge in [-0.15, -0.1) is 0 Å². The molecule has 3 N–H and O–H groups in total. The van der Waals surface area contributed by atoms with Crippen LogP contribution in [0, 0.1) is 0 Å². The van der Waals surface area contributed by atoms with Crippen molar-refractivity contribution in [1.29, 1.82) is 0 Å². The Morgan fingerprint density at radius 2 is 2.36 bits per heavy atom. The van der Waals surface area contributed by atoms with Gasteiger partial charge in [-0.1, -0.05) is 6.08 Å². The molecule has 1 atom stereocenters. The van der Waals surface area contributed by atoms with Crippen LogP contribution in [0.1, 0.15) is 37.5 Å². The first-order valence-electron chi connectivity index (χ1n) is 5.10. The molecule has 0 bridgehead atoms. The van der Waals surface area contributed by atoms with Crippen LogP contribution in [0.5, 0.6) is 0 Å². The maximum absolute atomic E-state index is 5.54. The van der Waals surface area contributed by atoms with Gasteiger partial charge in [0.05, 0.1) is 12.3 Å². The molecule has 1 aromatic heterocycles. The third-order valence-electron chi connectivity index (χ3n) is 2.69. The van der Waals surface area contributed by atoms with E-state index in [1.54, 1.807) is 6.26 Å². The molecule has 0 amide bonds. The highest BCUT2D eigenvalue weighted by Crippen LogP contribution is 2.29. The van der Waals surface area contributed by atoms with Gasteiger partial charge in [0.2, 0.25) is 0 Å². The summed E-state index contributed by atoms with van der Waals surface area (Å²) >= 11 is 0. The van der Waals surface area contributed by atoms with Gasteiger partial charge in [0, 0.05) is 0 Å². The van der Waals surface area contributed by atoms with Crippen molar-refractivity contribution in [3.8, 4) is 0 Å². The van der Waals surface area contributed by atoms with Crippen LogP contribution in [0.2, 0.25) is 0 Å². The van der Waals surface area contributed by atoms with E-state index >= 15 is 0 Å². The van der Waals surface area contributed by atoms with Crippen LogP contribution in [0.3, 0.4) is 0 Å². The molecule has 1 aromatic rings. The molecule has 0 saturated heterocycles. The Hall–Kier alpha value is -1.06. The van der Waals surface area contributed by atoms with E-state index in [1.165, 1.54) is 18.4 Å². The zero-order valence-corrected chi connectivity index (χ0v) is 8.20. The minimum Gasteiger partial charge on any atom is -0.467 e. The number of hydrogen-bond donors (Lipinski definition) is 2. The molecule has 0 spiro atoms. The lowest BCUT2D eigenvalue weighted by molar-refractivity contribution is 0.436. The molecular formula is C11H16N2O. The van der Waals surface area contributed by atoms with Crippen molar-refractivity contribution in [2.45, 2.75) is 31.7 Å². The number of nitrogens with two attached hydrogens (primary N) is 1. The van der Waals surface area contributed by atoms with E-state index in [1.807, 2.05) is 12.1 Å². The van der Waals surface area contributed by atoms with E-state index in [0.29, 0.717) is 0 Å². The lowest BCUT2D eigenvalue weighted by Crippen LogP contribution is -2.29. The van der Waals surface area contributed by atoms with Gasteiger partial charge in [-0.2, -0.15) is 0 Å². The van der Waals surface area contributed by atoms with Gasteiger partial charge in [-0.05, 0) is 43.4 Å². The number of nitrogens with one attached hydrogen (secondary N) is 1. The van der Waals surface area contributed by atoms with E-state index in [9.17, 15) is 0 Å². The zero-order valence-electron chi connectivity index (χ0n) is 8.20. The molecule has 3 nitrogen and oxygen atoms in total. The van der Waals surface area contributed by atoms with Crippen LogP contribution in [0.25, 0.3) is 0 Å². The minimum absolute atomic E-state index is 0.0605. The number of hydrazine groups is 1. The second-order valence-electron chi connectivity index (χ2n) is 3.64. The van der Waals surface area contributed by atoms with Crippen molar-refractivity contribution >= 4 is 0 Å². The lowest BCUT2D eigenvalue weighted by Gasteiger charge is -2.20. The van der Waals surface area contributed by atoms with Crippen molar-refractivity contribution in [3.63, 3.8) is 0 Å². The Balaban J connectivity index is 2.16. The minimum atomic E-state index is 0.0605. The summed E-state index contributed by atoms with van der Waals surface area (Å²) in [4.78, 5) is 0. The highest BCUT2D eigenvalue weighted by molar-refractivity contribution is 5.21. The average Bonchev–Trinajstić information content (AvgIpc) is 2.74. The normalized spacial score (nSPS) is 19.1. The number of hydrogen-bond acceptors (Lipinski definition) is 3. The van der Waals surface area contributed by atoms with Crippen molar-refractivity contribution in [3.05, 3.63) is 35.8 Å². The van der Waals surface area contributed by atoms with Crippen LogP contribution in [-0.4, -0.2) is 0 Å². The van der Waals surface area contributed by atoms with Crippen LogP contribution in [0.15, 0.2) is 34.5 Å². The first kappa shape index (κ1) is 9.49. The topological polar surface area (TPSA) is 51.2 Å². The average molecular weight is 192 g/mol. The number of furan rings is 1. The molecule has 0 aromatic carbocycles. The van der Waals surface area contributed by atoms with Crippen molar-refractivity contribution in [2.24, 2.45) is 5.84 Å². The Morgan fingerprint density at radius 3 is 2.93 bits per heavy atom. The molecule has 1 aliphatic rings. The molecule has 1 heterocycles. The molecule has 0 fully saturated rings. The Labute approximate surface area is 83.9 Å². The molecule has 14 heavy (non-hydrogen) atoms. The van der Waals surface area contributed by atoms with Gasteiger partial charge < -0.3 is 4.42 Å². The second kappa shape index (κ2) is 4.44. The molecule has 2 rings (SSSR count). The molecule has 0 aliphatic heterocycles. The van der Waals surface area contributed by atoms with E-state index in [4.69, 9.17) is 10.3 Å². The fourth-order valence-corrected chi connectivity index (χ4v) is 1.95. The first-order valence-corrected chi connectivity index (χ1v) is 5.10. The molecule has 1 unspecified atom stereocenters. The molecular weight excluding hydrogens is 176 g/mol. The van der Waals surface area contributed by atoms with Crippen LogP contribution >= 0.6 is 0 Å². The van der Waals surface area contributed by atoms with Crippen LogP contribution in [0.4, 0.5) is 0 Å². The van der Waals surface area contributed by atoms with Crippen LogP contribution in [-0.2, 0) is 0 Å². The Kier molecular flexibility index (Phi) is 3.01. The van der Waals surface area contributed by atoms with Crippen molar-refractivity contribution in [1.82, 2.24) is 5.43 Å². The van der Waals surface area contributed by atoms with Crippen LogP contribution < -0.4 is 11.3 Å². The number of allylic oxidation sites excluding steroid dienone is 1. The quantitative estimate of drug-likeness (QED) is 0.439. The smallest absolute Gasteiger partial charge is 0.126 e. The van der Waals surface area contributed by atoms with E-state index in [-0.39, 0.29) is 6.04 Å². The molecule has 0 saturated carbocycles. The first-order chi connectivity index (χ1) is 6.92.